The van der Waals surface area contributed by atoms with E-state index in [0.29, 0.717) is 18.2 Å². The molecule has 3 nitrogen and oxygen atoms in total. The number of piperidine rings is 1. The lowest BCUT2D eigenvalue weighted by molar-refractivity contribution is 0.0523. The molecule has 2 rings (SSSR count). The molecule has 120 valence electrons. The number of hydrogen-bond donors (Lipinski definition) is 1. The molecule has 0 bridgehead atoms. The van der Waals surface area contributed by atoms with Gasteiger partial charge < -0.3 is 15.0 Å². The summed E-state index contributed by atoms with van der Waals surface area (Å²) >= 11 is 1.91. The van der Waals surface area contributed by atoms with Crippen LogP contribution in [0, 0.1) is 6.92 Å². The molecule has 4 heteroatoms. The Morgan fingerprint density at radius 3 is 2.57 bits per heavy atom. The van der Waals surface area contributed by atoms with Gasteiger partial charge in [-0.1, -0.05) is 0 Å². The molecule has 0 radical (unpaired) electrons. The summed E-state index contributed by atoms with van der Waals surface area (Å²) in [6.07, 6.45) is 2.84. The summed E-state index contributed by atoms with van der Waals surface area (Å²) in [6, 6.07) is 5.61. The lowest BCUT2D eigenvalue weighted by atomic mass is 10.0. The molecule has 0 aliphatic carbocycles. The van der Waals surface area contributed by atoms with Gasteiger partial charge in [0.1, 0.15) is 0 Å². The van der Waals surface area contributed by atoms with E-state index in [4.69, 9.17) is 4.74 Å². The number of ether oxygens (including phenoxy) is 1. The quantitative estimate of drug-likeness (QED) is 0.833. The Morgan fingerprint density at radius 2 is 2.00 bits per heavy atom. The minimum Gasteiger partial charge on any atom is -0.377 e. The maximum Gasteiger partial charge on any atom is 0.0596 e. The van der Waals surface area contributed by atoms with Crippen molar-refractivity contribution in [1.82, 2.24) is 10.2 Å². The summed E-state index contributed by atoms with van der Waals surface area (Å²) in [5.74, 6) is 0. The van der Waals surface area contributed by atoms with Crippen LogP contribution >= 0.6 is 11.3 Å². The maximum atomic E-state index is 5.64. The molecule has 0 spiro atoms. The Hall–Kier alpha value is -0.420. The Morgan fingerprint density at radius 1 is 1.29 bits per heavy atom. The van der Waals surface area contributed by atoms with Crippen LogP contribution in [0.1, 0.15) is 49.4 Å². The fraction of sp³-hybridized carbons (Fsp3) is 0.765. The highest BCUT2D eigenvalue weighted by Crippen LogP contribution is 2.24. The summed E-state index contributed by atoms with van der Waals surface area (Å²) in [4.78, 5) is 5.39. The van der Waals surface area contributed by atoms with Gasteiger partial charge in [0.25, 0.3) is 0 Å². The van der Waals surface area contributed by atoms with E-state index in [-0.39, 0.29) is 0 Å². The van der Waals surface area contributed by atoms with E-state index < -0.39 is 0 Å². The number of nitrogens with one attached hydrogen (secondary N) is 1. The first kappa shape index (κ1) is 16.9. The van der Waals surface area contributed by atoms with E-state index in [1.54, 1.807) is 0 Å². The van der Waals surface area contributed by atoms with Gasteiger partial charge in [0.05, 0.1) is 12.7 Å². The van der Waals surface area contributed by atoms with Crippen molar-refractivity contribution in [2.75, 3.05) is 26.2 Å². The van der Waals surface area contributed by atoms with Crippen molar-refractivity contribution >= 4 is 11.3 Å². The maximum absolute atomic E-state index is 5.64. The zero-order valence-electron chi connectivity index (χ0n) is 13.9. The van der Waals surface area contributed by atoms with Gasteiger partial charge in [-0.3, -0.25) is 0 Å². The van der Waals surface area contributed by atoms with Crippen molar-refractivity contribution in [3.8, 4) is 0 Å². The standard InChI is InChI=1S/C17H30N2OS/c1-13(2)20-12-11-19-9-7-16(8-10-19)18-15(4)17-6-5-14(3)21-17/h5-6,13,15-16,18H,7-12H2,1-4H3/t15-/m1/s1. The Bertz CT molecular complexity index is 411. The topological polar surface area (TPSA) is 24.5 Å². The van der Waals surface area contributed by atoms with Crippen molar-refractivity contribution in [1.29, 1.82) is 0 Å². The lowest BCUT2D eigenvalue weighted by Gasteiger charge is -2.33. The van der Waals surface area contributed by atoms with E-state index in [1.165, 1.54) is 35.7 Å². The molecule has 0 amide bonds. The first-order valence-electron chi connectivity index (χ1n) is 8.21. The van der Waals surface area contributed by atoms with Crippen LogP contribution in [0.15, 0.2) is 12.1 Å². The Balaban J connectivity index is 1.67. The summed E-state index contributed by atoms with van der Waals surface area (Å²) < 4.78 is 5.64. The fourth-order valence-electron chi connectivity index (χ4n) is 2.86. The molecule has 0 aromatic carbocycles. The molecular formula is C17H30N2OS. The molecule has 1 atom stereocenters. The predicted molar refractivity (Wildman–Crippen MR) is 91.2 cm³/mol. The number of hydrogen-bond acceptors (Lipinski definition) is 4. The number of thiophene rings is 1. The molecule has 2 heterocycles. The Labute approximate surface area is 133 Å². The summed E-state index contributed by atoms with van der Waals surface area (Å²) in [5.41, 5.74) is 0. The van der Waals surface area contributed by atoms with Crippen molar-refractivity contribution in [2.24, 2.45) is 0 Å². The van der Waals surface area contributed by atoms with Gasteiger partial charge in [-0.2, -0.15) is 0 Å². The van der Waals surface area contributed by atoms with Crippen molar-refractivity contribution < 1.29 is 4.74 Å². The average molecular weight is 311 g/mol. The van der Waals surface area contributed by atoms with Gasteiger partial charge in [-0.25, -0.2) is 0 Å². The van der Waals surface area contributed by atoms with Crippen LogP contribution in [-0.4, -0.2) is 43.3 Å². The summed E-state index contributed by atoms with van der Waals surface area (Å²) in [7, 11) is 0. The molecule has 1 aliphatic heterocycles. The predicted octanol–water partition coefficient (Wildman–Crippen LogP) is 3.60. The molecule has 0 unspecified atom stereocenters. The zero-order valence-corrected chi connectivity index (χ0v) is 14.7. The van der Waals surface area contributed by atoms with Crippen LogP contribution in [0.3, 0.4) is 0 Å². The van der Waals surface area contributed by atoms with Crippen molar-refractivity contribution in [2.45, 2.75) is 58.7 Å². The first-order chi connectivity index (χ1) is 10.0. The highest BCUT2D eigenvalue weighted by Gasteiger charge is 2.21. The Kier molecular flexibility index (Phi) is 6.68. The van der Waals surface area contributed by atoms with Gasteiger partial charge in [0, 0.05) is 28.4 Å². The molecule has 21 heavy (non-hydrogen) atoms. The second-order valence-electron chi connectivity index (χ2n) is 6.37. The second kappa shape index (κ2) is 8.28. The third-order valence-electron chi connectivity index (χ3n) is 4.12. The van der Waals surface area contributed by atoms with Crippen molar-refractivity contribution in [3.05, 3.63) is 21.9 Å². The highest BCUT2D eigenvalue weighted by molar-refractivity contribution is 7.12. The van der Waals surface area contributed by atoms with Crippen LogP contribution in [0.2, 0.25) is 0 Å². The van der Waals surface area contributed by atoms with E-state index in [1.807, 2.05) is 11.3 Å². The van der Waals surface area contributed by atoms with Crippen LogP contribution in [0.25, 0.3) is 0 Å². The van der Waals surface area contributed by atoms with Gasteiger partial charge >= 0.3 is 0 Å². The third-order valence-corrected chi connectivity index (χ3v) is 5.30. The normalized spacial score (nSPS) is 19.3. The first-order valence-corrected chi connectivity index (χ1v) is 9.02. The summed E-state index contributed by atoms with van der Waals surface area (Å²) in [5, 5.41) is 3.80. The molecule has 1 aliphatic rings. The lowest BCUT2D eigenvalue weighted by Crippen LogP contribution is -2.44. The fourth-order valence-corrected chi connectivity index (χ4v) is 3.75. The molecule has 1 aromatic heterocycles. The van der Waals surface area contributed by atoms with E-state index >= 15 is 0 Å². The molecule has 0 saturated carbocycles. The van der Waals surface area contributed by atoms with E-state index in [2.05, 4.69) is 50.0 Å². The molecule has 1 saturated heterocycles. The van der Waals surface area contributed by atoms with Gasteiger partial charge in [0.15, 0.2) is 0 Å². The van der Waals surface area contributed by atoms with Crippen LogP contribution in [-0.2, 0) is 4.74 Å². The number of aryl methyl sites for hydroxylation is 1. The minimum absolute atomic E-state index is 0.347. The van der Waals surface area contributed by atoms with Gasteiger partial charge in [0.2, 0.25) is 0 Å². The monoisotopic (exact) mass is 310 g/mol. The number of nitrogens with zero attached hydrogens (tertiary/aromatic N) is 1. The number of rotatable bonds is 7. The molecule has 1 aromatic rings. The summed E-state index contributed by atoms with van der Waals surface area (Å²) in [6.45, 7) is 13.0. The van der Waals surface area contributed by atoms with E-state index in [0.717, 1.165) is 13.2 Å². The second-order valence-corrected chi connectivity index (χ2v) is 7.69. The number of likely N-dealkylation sites (tertiary alicyclic amines) is 1. The smallest absolute Gasteiger partial charge is 0.0596 e. The van der Waals surface area contributed by atoms with Crippen molar-refractivity contribution in [3.63, 3.8) is 0 Å². The molecule has 1 N–H and O–H groups in total. The van der Waals surface area contributed by atoms with Crippen LogP contribution in [0.5, 0.6) is 0 Å². The van der Waals surface area contributed by atoms with Gasteiger partial charge in [-0.15, -0.1) is 11.3 Å². The third kappa shape index (κ3) is 5.70. The zero-order chi connectivity index (χ0) is 15.2. The average Bonchev–Trinajstić information content (AvgIpc) is 2.87. The van der Waals surface area contributed by atoms with E-state index in [9.17, 15) is 0 Å². The SMILES string of the molecule is Cc1ccc([C@@H](C)NC2CCN(CCOC(C)C)CC2)s1. The molecular weight excluding hydrogens is 280 g/mol. The largest absolute Gasteiger partial charge is 0.377 e. The highest BCUT2D eigenvalue weighted by atomic mass is 32.1. The van der Waals surface area contributed by atoms with Crippen LogP contribution in [0.4, 0.5) is 0 Å². The minimum atomic E-state index is 0.347. The van der Waals surface area contributed by atoms with Crippen LogP contribution < -0.4 is 5.32 Å². The molecule has 1 fully saturated rings. The van der Waals surface area contributed by atoms with Gasteiger partial charge in [-0.05, 0) is 65.8 Å².